The average Bonchev–Trinajstić information content (AvgIpc) is 2.79. The first-order valence-corrected chi connectivity index (χ1v) is 10.8. The quantitative estimate of drug-likeness (QED) is 0.331. The van der Waals surface area contributed by atoms with E-state index in [1.165, 1.54) is 19.7 Å². The molecular formula is C23H28ClN3O4. The number of carbonyl (C=O) groups excluding carboxylic acids is 1. The summed E-state index contributed by atoms with van der Waals surface area (Å²) in [4.78, 5) is 12.0. The number of ether oxygens (including phenoxy) is 3. The zero-order chi connectivity index (χ0) is 21.9. The molecule has 0 heterocycles. The maximum absolute atomic E-state index is 12.0. The van der Waals surface area contributed by atoms with E-state index in [1.54, 1.807) is 12.1 Å². The van der Waals surface area contributed by atoms with Crippen LogP contribution in [0.1, 0.15) is 37.7 Å². The van der Waals surface area contributed by atoms with E-state index in [9.17, 15) is 4.79 Å². The van der Waals surface area contributed by atoms with Crippen LogP contribution in [0.2, 0.25) is 5.02 Å². The Kier molecular flexibility index (Phi) is 8.84. The second kappa shape index (κ2) is 12.1. The summed E-state index contributed by atoms with van der Waals surface area (Å²) in [5.74, 6) is 1.68. The van der Waals surface area contributed by atoms with Crippen LogP contribution in [0.5, 0.6) is 17.2 Å². The number of urea groups is 1. The first-order chi connectivity index (χ1) is 15.2. The standard InChI is InChI=1S/C23H28ClN3O4/c1-29-21-15-17(16-25-27-23(28)26-18-8-4-2-5-9-18)14-20(24)22(21)31-13-12-30-19-10-6-3-7-11-19/h3,6-7,10-11,14-16,18H,2,4-5,8-9,12-13H2,1H3,(H2,26,27,28)/b25-16-. The van der Waals surface area contributed by atoms with E-state index in [-0.39, 0.29) is 12.1 Å². The molecule has 1 aliphatic carbocycles. The Bertz CT molecular complexity index is 871. The second-order valence-electron chi connectivity index (χ2n) is 7.22. The second-order valence-corrected chi connectivity index (χ2v) is 7.63. The number of nitrogens with zero attached hydrogens (tertiary/aromatic N) is 1. The monoisotopic (exact) mass is 445 g/mol. The van der Waals surface area contributed by atoms with Crippen molar-refractivity contribution in [3.63, 3.8) is 0 Å². The molecule has 2 N–H and O–H groups in total. The molecule has 0 aliphatic heterocycles. The van der Waals surface area contributed by atoms with Crippen molar-refractivity contribution in [2.45, 2.75) is 38.1 Å². The van der Waals surface area contributed by atoms with E-state index in [0.717, 1.165) is 31.4 Å². The van der Waals surface area contributed by atoms with Gasteiger partial charge in [0.05, 0.1) is 18.3 Å². The fourth-order valence-corrected chi connectivity index (χ4v) is 3.68. The van der Waals surface area contributed by atoms with Crippen molar-refractivity contribution in [3.8, 4) is 17.2 Å². The van der Waals surface area contributed by atoms with Crippen LogP contribution in [-0.2, 0) is 0 Å². The smallest absolute Gasteiger partial charge is 0.335 e. The Morgan fingerprint density at radius 1 is 1.13 bits per heavy atom. The Labute approximate surface area is 187 Å². The molecule has 2 aromatic carbocycles. The predicted octanol–water partition coefficient (Wildman–Crippen LogP) is 4.77. The molecule has 1 saturated carbocycles. The fourth-order valence-electron chi connectivity index (χ4n) is 3.40. The third-order valence-electron chi connectivity index (χ3n) is 4.91. The molecule has 0 saturated heterocycles. The van der Waals surface area contributed by atoms with E-state index in [2.05, 4.69) is 15.8 Å². The molecule has 0 atom stereocenters. The Balaban J connectivity index is 1.50. The van der Waals surface area contributed by atoms with Crippen LogP contribution in [-0.4, -0.2) is 38.6 Å². The largest absolute Gasteiger partial charge is 0.493 e. The van der Waals surface area contributed by atoms with Crippen LogP contribution in [0, 0.1) is 0 Å². The van der Waals surface area contributed by atoms with Crippen LogP contribution >= 0.6 is 11.6 Å². The number of hydrogen-bond donors (Lipinski definition) is 2. The van der Waals surface area contributed by atoms with Gasteiger partial charge in [0.1, 0.15) is 19.0 Å². The molecule has 8 heteroatoms. The summed E-state index contributed by atoms with van der Waals surface area (Å²) in [6.07, 6.45) is 7.08. The molecular weight excluding hydrogens is 418 g/mol. The molecule has 3 rings (SSSR count). The van der Waals surface area contributed by atoms with Gasteiger partial charge < -0.3 is 19.5 Å². The molecule has 2 aromatic rings. The number of para-hydroxylation sites is 1. The zero-order valence-electron chi connectivity index (χ0n) is 17.6. The molecule has 0 radical (unpaired) electrons. The molecule has 1 fully saturated rings. The summed E-state index contributed by atoms with van der Waals surface area (Å²) < 4.78 is 16.8. The summed E-state index contributed by atoms with van der Waals surface area (Å²) in [6.45, 7) is 0.675. The lowest BCUT2D eigenvalue weighted by atomic mass is 9.96. The SMILES string of the molecule is COc1cc(/C=N\NC(=O)NC2CCCCC2)cc(Cl)c1OCCOc1ccccc1. The molecule has 1 aliphatic rings. The molecule has 0 unspecified atom stereocenters. The Hall–Kier alpha value is -2.93. The topological polar surface area (TPSA) is 81.2 Å². The fraction of sp³-hybridized carbons (Fsp3) is 0.391. The lowest BCUT2D eigenvalue weighted by molar-refractivity contribution is 0.211. The van der Waals surface area contributed by atoms with E-state index in [0.29, 0.717) is 35.3 Å². The number of hydrazone groups is 1. The summed E-state index contributed by atoms with van der Waals surface area (Å²) >= 11 is 6.37. The molecule has 2 amide bonds. The van der Waals surface area contributed by atoms with E-state index in [1.807, 2.05) is 30.3 Å². The first-order valence-electron chi connectivity index (χ1n) is 10.4. The Morgan fingerprint density at radius 2 is 1.87 bits per heavy atom. The third-order valence-corrected chi connectivity index (χ3v) is 5.19. The van der Waals surface area contributed by atoms with Gasteiger partial charge in [0.25, 0.3) is 0 Å². The highest BCUT2D eigenvalue weighted by Gasteiger charge is 2.15. The van der Waals surface area contributed by atoms with Crippen molar-refractivity contribution in [3.05, 3.63) is 53.1 Å². The van der Waals surface area contributed by atoms with E-state index < -0.39 is 0 Å². The Morgan fingerprint density at radius 3 is 2.61 bits per heavy atom. The molecule has 31 heavy (non-hydrogen) atoms. The van der Waals surface area contributed by atoms with Gasteiger partial charge in [-0.15, -0.1) is 0 Å². The third kappa shape index (κ3) is 7.36. The number of nitrogens with one attached hydrogen (secondary N) is 2. The van der Waals surface area contributed by atoms with Crippen molar-refractivity contribution < 1.29 is 19.0 Å². The van der Waals surface area contributed by atoms with Crippen molar-refractivity contribution in [1.29, 1.82) is 0 Å². The van der Waals surface area contributed by atoms with Crippen molar-refractivity contribution in [1.82, 2.24) is 10.7 Å². The van der Waals surface area contributed by atoms with Crippen molar-refractivity contribution in [2.75, 3.05) is 20.3 Å². The average molecular weight is 446 g/mol. The number of hydrogen-bond acceptors (Lipinski definition) is 5. The van der Waals surface area contributed by atoms with Crippen molar-refractivity contribution in [2.24, 2.45) is 5.10 Å². The maximum atomic E-state index is 12.0. The summed E-state index contributed by atoms with van der Waals surface area (Å²) in [5, 5.41) is 7.32. The van der Waals surface area contributed by atoms with Gasteiger partial charge in [-0.2, -0.15) is 5.10 Å². The van der Waals surface area contributed by atoms with Gasteiger partial charge in [-0.05, 0) is 42.7 Å². The van der Waals surface area contributed by atoms with Crippen LogP contribution in [0.25, 0.3) is 0 Å². The molecule has 0 spiro atoms. The molecule has 0 bridgehead atoms. The summed E-state index contributed by atoms with van der Waals surface area (Å²) in [6, 6.07) is 12.9. The molecule has 166 valence electrons. The van der Waals surface area contributed by atoms with Gasteiger partial charge in [0, 0.05) is 6.04 Å². The molecule has 7 nitrogen and oxygen atoms in total. The van der Waals surface area contributed by atoms with E-state index in [4.69, 9.17) is 25.8 Å². The number of rotatable bonds is 9. The highest BCUT2D eigenvalue weighted by molar-refractivity contribution is 6.32. The highest BCUT2D eigenvalue weighted by atomic mass is 35.5. The minimum Gasteiger partial charge on any atom is -0.493 e. The lowest BCUT2D eigenvalue weighted by Crippen LogP contribution is -2.41. The number of amides is 2. The van der Waals surface area contributed by atoms with Gasteiger partial charge in [0.2, 0.25) is 0 Å². The number of benzene rings is 2. The highest BCUT2D eigenvalue weighted by Crippen LogP contribution is 2.36. The van der Waals surface area contributed by atoms with Gasteiger partial charge in [-0.25, -0.2) is 10.2 Å². The van der Waals surface area contributed by atoms with Gasteiger partial charge in [-0.3, -0.25) is 0 Å². The molecule has 0 aromatic heterocycles. The number of halogens is 1. The van der Waals surface area contributed by atoms with Gasteiger partial charge in [-0.1, -0.05) is 49.1 Å². The van der Waals surface area contributed by atoms with Crippen LogP contribution < -0.4 is 25.0 Å². The van der Waals surface area contributed by atoms with Gasteiger partial charge >= 0.3 is 6.03 Å². The summed E-state index contributed by atoms with van der Waals surface area (Å²) in [5.41, 5.74) is 3.17. The number of methoxy groups -OCH3 is 1. The normalized spacial score (nSPS) is 14.3. The summed E-state index contributed by atoms with van der Waals surface area (Å²) in [7, 11) is 1.54. The predicted molar refractivity (Wildman–Crippen MR) is 122 cm³/mol. The van der Waals surface area contributed by atoms with Crippen molar-refractivity contribution >= 4 is 23.8 Å². The maximum Gasteiger partial charge on any atom is 0.335 e. The minimum absolute atomic E-state index is 0.223. The van der Waals surface area contributed by atoms with E-state index >= 15 is 0 Å². The van der Waals surface area contributed by atoms with Crippen LogP contribution in [0.3, 0.4) is 0 Å². The zero-order valence-corrected chi connectivity index (χ0v) is 18.4. The number of carbonyl (C=O) groups is 1. The van der Waals surface area contributed by atoms with Crippen LogP contribution in [0.4, 0.5) is 4.79 Å². The van der Waals surface area contributed by atoms with Gasteiger partial charge in [0.15, 0.2) is 11.5 Å². The minimum atomic E-state index is -0.306. The first kappa shape index (κ1) is 22.7. The lowest BCUT2D eigenvalue weighted by Gasteiger charge is -2.22. The van der Waals surface area contributed by atoms with Crippen LogP contribution in [0.15, 0.2) is 47.6 Å².